The number of benzene rings is 1. The molecule has 1 N–H and O–H groups in total. The van der Waals surface area contributed by atoms with Gasteiger partial charge in [-0.3, -0.25) is 25.0 Å². The summed E-state index contributed by atoms with van der Waals surface area (Å²) in [6.45, 7) is 2.45. The molecule has 0 bridgehead atoms. The van der Waals surface area contributed by atoms with Gasteiger partial charge in [-0.1, -0.05) is 39.0 Å². The van der Waals surface area contributed by atoms with Crippen LogP contribution in [0, 0.1) is 10.1 Å². The van der Waals surface area contributed by atoms with Gasteiger partial charge < -0.3 is 0 Å². The number of aliphatic imine (C=N–C) groups is 1. The van der Waals surface area contributed by atoms with Gasteiger partial charge >= 0.3 is 6.18 Å². The highest BCUT2D eigenvalue weighted by atomic mass is 19.4. The van der Waals surface area contributed by atoms with Crippen LogP contribution in [0.5, 0.6) is 0 Å². The molecule has 7 nitrogen and oxygen atoms in total. The molecule has 0 unspecified atom stereocenters. The predicted molar refractivity (Wildman–Crippen MR) is 104 cm³/mol. The molecule has 0 amide bonds. The van der Waals surface area contributed by atoms with Gasteiger partial charge in [0.15, 0.2) is 5.69 Å². The minimum atomic E-state index is -4.77. The quantitative estimate of drug-likeness (QED) is 0.261. The largest absolute Gasteiger partial charge is 0.433 e. The van der Waals surface area contributed by atoms with E-state index in [9.17, 15) is 28.1 Å². The van der Waals surface area contributed by atoms with Gasteiger partial charge in [0.1, 0.15) is 0 Å². The van der Waals surface area contributed by atoms with Crippen LogP contribution in [0.4, 0.5) is 18.9 Å². The second-order valence-electron chi connectivity index (χ2n) is 6.62. The average molecular weight is 412 g/mol. The van der Waals surface area contributed by atoms with E-state index >= 15 is 0 Å². The summed E-state index contributed by atoms with van der Waals surface area (Å²) in [6.07, 6.45) is 2.32. The van der Waals surface area contributed by atoms with Gasteiger partial charge in [0.05, 0.1) is 16.2 Å². The third kappa shape index (κ3) is 6.03. The Balaban J connectivity index is 2.20. The van der Waals surface area contributed by atoms with Gasteiger partial charge in [0.2, 0.25) is 0 Å². The number of aromatic nitrogens is 2. The van der Waals surface area contributed by atoms with E-state index in [0.717, 1.165) is 56.9 Å². The van der Waals surface area contributed by atoms with Crippen LogP contribution < -0.4 is 5.56 Å². The number of halogens is 3. The van der Waals surface area contributed by atoms with E-state index in [4.69, 9.17) is 0 Å². The summed E-state index contributed by atoms with van der Waals surface area (Å²) in [6, 6.07) is 4.63. The van der Waals surface area contributed by atoms with Crippen molar-refractivity contribution in [2.75, 3.05) is 6.54 Å². The minimum absolute atomic E-state index is 0.0571. The molecular formula is C19H23F3N4O3. The number of rotatable bonds is 10. The Hall–Kier alpha value is -2.91. The molecule has 0 atom stereocenters. The number of unbranched alkanes of at least 4 members (excludes halogenated alkanes) is 5. The summed E-state index contributed by atoms with van der Waals surface area (Å²) in [5.74, 6) is 0. The molecule has 0 aliphatic rings. The molecule has 10 heteroatoms. The summed E-state index contributed by atoms with van der Waals surface area (Å²) in [5, 5.41) is 12.8. The van der Waals surface area contributed by atoms with Crippen LogP contribution in [0.1, 0.15) is 56.7 Å². The standard InChI is InChI=1S/C19H23F3N4O3/c1-2-3-4-5-6-7-12-23-13-16-17(19(20,21)22)24-25(18(16)27)14-8-10-15(11-9-14)26(28)29/h8-11,13,24H,2-7,12H2,1H3. The van der Waals surface area contributed by atoms with Crippen molar-refractivity contribution in [2.45, 2.75) is 51.6 Å². The smallest absolute Gasteiger partial charge is 0.292 e. The highest BCUT2D eigenvalue weighted by molar-refractivity contribution is 5.81. The number of nitrogens with zero attached hydrogens (tertiary/aromatic N) is 3. The zero-order chi connectivity index (χ0) is 21.4. The molecule has 2 aromatic rings. The molecule has 158 valence electrons. The molecule has 1 aromatic heterocycles. The normalized spacial score (nSPS) is 12.0. The van der Waals surface area contributed by atoms with Crippen LogP contribution in [0.15, 0.2) is 34.1 Å². The van der Waals surface area contributed by atoms with Gasteiger partial charge in [-0.25, -0.2) is 4.68 Å². The van der Waals surface area contributed by atoms with E-state index in [1.807, 2.05) is 5.10 Å². The van der Waals surface area contributed by atoms with E-state index in [2.05, 4.69) is 11.9 Å². The lowest BCUT2D eigenvalue weighted by atomic mass is 10.1. The zero-order valence-electron chi connectivity index (χ0n) is 16.0. The van der Waals surface area contributed by atoms with Gasteiger partial charge in [-0.2, -0.15) is 13.2 Å². The summed E-state index contributed by atoms with van der Waals surface area (Å²) in [5.41, 5.74) is -2.88. The van der Waals surface area contributed by atoms with E-state index in [1.54, 1.807) is 0 Å². The number of H-pyrrole nitrogens is 1. The molecule has 1 aromatic carbocycles. The van der Waals surface area contributed by atoms with Crippen molar-refractivity contribution in [3.05, 3.63) is 56.0 Å². The Bertz CT molecular complexity index is 899. The molecule has 0 radical (unpaired) electrons. The fourth-order valence-electron chi connectivity index (χ4n) is 2.83. The second kappa shape index (κ2) is 10.0. The molecule has 2 rings (SSSR count). The lowest BCUT2D eigenvalue weighted by Gasteiger charge is -2.04. The number of non-ortho nitro benzene ring substituents is 1. The minimum Gasteiger partial charge on any atom is -0.292 e. The molecule has 0 saturated carbocycles. The SMILES string of the molecule is CCCCCCCCN=Cc1c(C(F)(F)F)[nH]n(-c2ccc([N+](=O)[O-])cc2)c1=O. The maximum atomic E-state index is 13.3. The maximum absolute atomic E-state index is 13.3. The van der Waals surface area contributed by atoms with E-state index in [-0.39, 0.29) is 11.4 Å². The molecule has 0 spiro atoms. The van der Waals surface area contributed by atoms with Crippen LogP contribution in [0.25, 0.3) is 5.69 Å². The first kappa shape index (κ1) is 22.4. The van der Waals surface area contributed by atoms with Gasteiger partial charge in [-0.15, -0.1) is 0 Å². The van der Waals surface area contributed by atoms with Crippen molar-refractivity contribution < 1.29 is 18.1 Å². The number of nitro groups is 1. The van der Waals surface area contributed by atoms with Crippen LogP contribution >= 0.6 is 0 Å². The topological polar surface area (TPSA) is 93.3 Å². The van der Waals surface area contributed by atoms with Crippen molar-refractivity contribution in [2.24, 2.45) is 4.99 Å². The lowest BCUT2D eigenvalue weighted by Crippen LogP contribution is -2.17. The average Bonchev–Trinajstić information content (AvgIpc) is 3.01. The Kier molecular flexibility index (Phi) is 7.74. The number of nitro benzene ring substituents is 1. The first-order valence-electron chi connectivity index (χ1n) is 9.42. The first-order valence-corrected chi connectivity index (χ1v) is 9.42. The molecule has 0 aliphatic carbocycles. The zero-order valence-corrected chi connectivity index (χ0v) is 16.0. The fraction of sp³-hybridized carbons (Fsp3) is 0.474. The summed E-state index contributed by atoms with van der Waals surface area (Å²) in [7, 11) is 0. The van der Waals surface area contributed by atoms with Crippen LogP contribution in [0.2, 0.25) is 0 Å². The first-order chi connectivity index (χ1) is 13.8. The van der Waals surface area contributed by atoms with Crippen molar-refractivity contribution in [3.8, 4) is 5.69 Å². The van der Waals surface area contributed by atoms with Crippen LogP contribution in [0.3, 0.4) is 0 Å². The summed E-state index contributed by atoms with van der Waals surface area (Å²) >= 11 is 0. The lowest BCUT2D eigenvalue weighted by molar-refractivity contribution is -0.384. The number of alkyl halides is 3. The molecule has 29 heavy (non-hydrogen) atoms. The molecule has 0 saturated heterocycles. The predicted octanol–water partition coefficient (Wildman–Crippen LogP) is 4.87. The van der Waals surface area contributed by atoms with Crippen molar-refractivity contribution in [1.82, 2.24) is 9.78 Å². The molecular weight excluding hydrogens is 389 g/mol. The van der Waals surface area contributed by atoms with Gasteiger partial charge in [0, 0.05) is 24.9 Å². The van der Waals surface area contributed by atoms with Gasteiger partial charge in [-0.05, 0) is 18.6 Å². The van der Waals surface area contributed by atoms with Crippen molar-refractivity contribution >= 4 is 11.9 Å². The maximum Gasteiger partial charge on any atom is 0.433 e. The van der Waals surface area contributed by atoms with Crippen LogP contribution in [-0.4, -0.2) is 27.5 Å². The molecule has 1 heterocycles. The monoisotopic (exact) mass is 412 g/mol. The highest BCUT2D eigenvalue weighted by Crippen LogP contribution is 2.29. The Labute approximate surface area is 165 Å². The molecule has 0 aliphatic heterocycles. The number of hydrogen-bond donors (Lipinski definition) is 1. The van der Waals surface area contributed by atoms with Crippen molar-refractivity contribution in [3.63, 3.8) is 0 Å². The Morgan fingerprint density at radius 3 is 2.34 bits per heavy atom. The van der Waals surface area contributed by atoms with Crippen molar-refractivity contribution in [1.29, 1.82) is 0 Å². The Morgan fingerprint density at radius 1 is 1.14 bits per heavy atom. The number of hydrogen-bond acceptors (Lipinski definition) is 4. The van der Waals surface area contributed by atoms with E-state index in [0.29, 0.717) is 11.2 Å². The Morgan fingerprint density at radius 2 is 1.76 bits per heavy atom. The van der Waals surface area contributed by atoms with Crippen LogP contribution in [-0.2, 0) is 6.18 Å². The number of nitrogens with one attached hydrogen (secondary N) is 1. The molecule has 0 fully saturated rings. The van der Waals surface area contributed by atoms with E-state index < -0.39 is 27.9 Å². The third-order valence-electron chi connectivity index (χ3n) is 4.39. The fourth-order valence-corrected chi connectivity index (χ4v) is 2.83. The van der Waals surface area contributed by atoms with Gasteiger partial charge in [0.25, 0.3) is 11.2 Å². The summed E-state index contributed by atoms with van der Waals surface area (Å²) < 4.78 is 40.7. The third-order valence-corrected chi connectivity index (χ3v) is 4.39. The number of aromatic amines is 1. The highest BCUT2D eigenvalue weighted by Gasteiger charge is 2.37. The summed E-state index contributed by atoms with van der Waals surface area (Å²) in [4.78, 5) is 26.6. The second-order valence-corrected chi connectivity index (χ2v) is 6.62. The van der Waals surface area contributed by atoms with E-state index in [1.165, 1.54) is 12.1 Å².